The molecule has 1 aromatic heterocycles. The lowest BCUT2D eigenvalue weighted by Crippen LogP contribution is -2.40. The summed E-state index contributed by atoms with van der Waals surface area (Å²) in [6.45, 7) is 1.93. The molecule has 0 aliphatic carbocycles. The van der Waals surface area contributed by atoms with Gasteiger partial charge in [0.1, 0.15) is 12.7 Å². The number of likely N-dealkylation sites (N-methyl/N-ethyl adjacent to an activating group) is 1. The van der Waals surface area contributed by atoms with Gasteiger partial charge in [0.25, 0.3) is 5.82 Å². The van der Waals surface area contributed by atoms with Gasteiger partial charge in [0.05, 0.1) is 18.4 Å². The normalized spacial score (nSPS) is 14.5. The van der Waals surface area contributed by atoms with Gasteiger partial charge in [0, 0.05) is 70.7 Å². The van der Waals surface area contributed by atoms with Gasteiger partial charge in [-0.25, -0.2) is 9.13 Å². The highest BCUT2D eigenvalue weighted by molar-refractivity contribution is 8.76. The summed E-state index contributed by atoms with van der Waals surface area (Å²) in [6.07, 6.45) is 9.26. The standard InChI is InChI=1S/C40H47N6S2/c1-41(2)33-21-15-31(16-22-33)19-25-39-43(5)35-11-7-9-13-37(35)45(39)27-29-47-48-30-28-46-38-14-10-8-12-36(38)44(6)40(46)26-20-32-17-23-34(24-18-32)42(3)4/h7-26,39H,27-30H2,1-6H3/q+1/b25-19+. The third-order valence-electron chi connectivity index (χ3n) is 9.04. The van der Waals surface area contributed by atoms with Crippen molar-refractivity contribution in [2.75, 3.05) is 72.9 Å². The van der Waals surface area contributed by atoms with Gasteiger partial charge in [-0.15, -0.1) is 0 Å². The number of rotatable bonds is 13. The third-order valence-corrected chi connectivity index (χ3v) is 11.4. The highest BCUT2D eigenvalue weighted by atomic mass is 33.1. The molecule has 48 heavy (non-hydrogen) atoms. The van der Waals surface area contributed by atoms with Crippen LogP contribution >= 0.6 is 21.6 Å². The maximum atomic E-state index is 2.54. The first-order valence-electron chi connectivity index (χ1n) is 16.5. The van der Waals surface area contributed by atoms with Crippen molar-refractivity contribution in [3.05, 3.63) is 120 Å². The highest BCUT2D eigenvalue weighted by Gasteiger charge is 2.31. The van der Waals surface area contributed by atoms with Gasteiger partial charge in [0.2, 0.25) is 0 Å². The van der Waals surface area contributed by atoms with Crippen molar-refractivity contribution in [1.82, 2.24) is 4.57 Å². The zero-order valence-electron chi connectivity index (χ0n) is 29.0. The summed E-state index contributed by atoms with van der Waals surface area (Å²) in [5.74, 6) is 3.29. The van der Waals surface area contributed by atoms with Gasteiger partial charge in [-0.1, -0.05) is 76.2 Å². The summed E-state index contributed by atoms with van der Waals surface area (Å²) in [6, 6.07) is 35.0. The number of para-hydroxylation sites is 4. The molecule has 8 heteroatoms. The zero-order chi connectivity index (χ0) is 33.6. The van der Waals surface area contributed by atoms with Crippen LogP contribution in [0, 0.1) is 0 Å². The topological polar surface area (TPSA) is 21.8 Å². The van der Waals surface area contributed by atoms with Crippen LogP contribution in [0.15, 0.2) is 103 Å². The second-order valence-electron chi connectivity index (χ2n) is 12.6. The monoisotopic (exact) mass is 675 g/mol. The van der Waals surface area contributed by atoms with E-state index in [0.29, 0.717) is 0 Å². The van der Waals surface area contributed by atoms with Crippen LogP contribution in [-0.4, -0.2) is 64.0 Å². The van der Waals surface area contributed by atoms with Gasteiger partial charge < -0.3 is 19.6 Å². The average Bonchev–Trinajstić information content (AvgIpc) is 3.53. The lowest BCUT2D eigenvalue weighted by molar-refractivity contribution is -0.647. The second kappa shape index (κ2) is 15.3. The lowest BCUT2D eigenvalue weighted by Gasteiger charge is -2.28. The maximum absolute atomic E-state index is 2.54. The van der Waals surface area contributed by atoms with Gasteiger partial charge in [0.15, 0.2) is 11.0 Å². The first-order valence-corrected chi connectivity index (χ1v) is 19.0. The first-order chi connectivity index (χ1) is 23.3. The number of fused-ring (bicyclic) bond motifs is 2. The SMILES string of the molecule is CN(C)c1ccc(/C=C/c2n(CCSSCCN3c4ccccc4N(C)C3/C=C/c3ccc(N(C)C)cc3)c3ccccc3[n+]2C)cc1. The molecule has 248 valence electrons. The maximum Gasteiger partial charge on any atom is 0.282 e. The molecule has 0 fully saturated rings. The van der Waals surface area contributed by atoms with E-state index in [2.05, 4.69) is 192 Å². The molecule has 0 radical (unpaired) electrons. The number of aryl methyl sites for hydroxylation is 2. The molecular weight excluding hydrogens is 629 g/mol. The van der Waals surface area contributed by atoms with Gasteiger partial charge in [-0.2, -0.15) is 0 Å². The molecule has 1 unspecified atom stereocenters. The number of anilines is 4. The molecule has 0 bridgehead atoms. The minimum atomic E-state index is 0.182. The number of benzene rings is 4. The van der Waals surface area contributed by atoms with Crippen molar-refractivity contribution in [2.24, 2.45) is 7.05 Å². The number of nitrogens with zero attached hydrogens (tertiary/aromatic N) is 6. The first kappa shape index (κ1) is 33.6. The fourth-order valence-corrected chi connectivity index (χ4v) is 8.26. The van der Waals surface area contributed by atoms with Crippen LogP contribution in [0.2, 0.25) is 0 Å². The second-order valence-corrected chi connectivity index (χ2v) is 15.3. The number of aromatic nitrogens is 2. The van der Waals surface area contributed by atoms with Crippen molar-refractivity contribution in [3.8, 4) is 0 Å². The van der Waals surface area contributed by atoms with E-state index in [1.54, 1.807) is 0 Å². The quantitative estimate of drug-likeness (QED) is 0.0709. The predicted octanol–water partition coefficient (Wildman–Crippen LogP) is 8.15. The van der Waals surface area contributed by atoms with Gasteiger partial charge in [-0.05, 0) is 71.8 Å². The van der Waals surface area contributed by atoms with E-state index in [1.165, 1.54) is 50.7 Å². The van der Waals surface area contributed by atoms with E-state index in [0.717, 1.165) is 24.6 Å². The summed E-state index contributed by atoms with van der Waals surface area (Å²) in [5.41, 5.74) is 9.96. The van der Waals surface area contributed by atoms with Gasteiger partial charge in [-0.3, -0.25) is 0 Å². The molecule has 6 nitrogen and oxygen atoms in total. The Morgan fingerprint density at radius 3 is 1.88 bits per heavy atom. The summed E-state index contributed by atoms with van der Waals surface area (Å²) >= 11 is 0. The largest absolute Gasteiger partial charge is 0.378 e. The molecule has 0 amide bonds. The molecule has 0 spiro atoms. The molecule has 1 aliphatic heterocycles. The van der Waals surface area contributed by atoms with E-state index >= 15 is 0 Å². The highest BCUT2D eigenvalue weighted by Crippen LogP contribution is 2.39. The smallest absolute Gasteiger partial charge is 0.282 e. The summed E-state index contributed by atoms with van der Waals surface area (Å²) in [4.78, 5) is 9.20. The van der Waals surface area contributed by atoms with Gasteiger partial charge >= 0.3 is 0 Å². The lowest BCUT2D eigenvalue weighted by atomic mass is 10.1. The summed E-state index contributed by atoms with van der Waals surface area (Å²) in [5, 5.41) is 0. The summed E-state index contributed by atoms with van der Waals surface area (Å²) < 4.78 is 4.77. The van der Waals surface area contributed by atoms with Crippen LogP contribution in [0.3, 0.4) is 0 Å². The van der Waals surface area contributed by atoms with E-state index in [1.807, 2.05) is 21.6 Å². The Morgan fingerprint density at radius 2 is 1.23 bits per heavy atom. The van der Waals surface area contributed by atoms with Crippen LogP contribution < -0.4 is 24.2 Å². The Hall–Kier alpha value is -4.27. The van der Waals surface area contributed by atoms with E-state index in [-0.39, 0.29) is 6.17 Å². The van der Waals surface area contributed by atoms with Crippen LogP contribution in [-0.2, 0) is 13.6 Å². The molecule has 1 aliphatic rings. The Morgan fingerprint density at radius 1 is 0.667 bits per heavy atom. The Labute approximate surface area is 294 Å². The minimum Gasteiger partial charge on any atom is -0.378 e. The third kappa shape index (κ3) is 7.40. The fourth-order valence-electron chi connectivity index (χ4n) is 6.34. The number of hydrogen-bond acceptors (Lipinski definition) is 6. The van der Waals surface area contributed by atoms with Crippen LogP contribution in [0.4, 0.5) is 22.7 Å². The molecule has 6 rings (SSSR count). The fraction of sp³-hybridized carbons (Fsp3) is 0.275. The number of hydrogen-bond donors (Lipinski definition) is 0. The van der Waals surface area contributed by atoms with Crippen molar-refractivity contribution >= 4 is 73.6 Å². The number of imidazole rings is 1. The predicted molar refractivity (Wildman–Crippen MR) is 214 cm³/mol. The average molecular weight is 676 g/mol. The Kier molecular flexibility index (Phi) is 10.7. The van der Waals surface area contributed by atoms with Crippen molar-refractivity contribution in [3.63, 3.8) is 0 Å². The van der Waals surface area contributed by atoms with E-state index < -0.39 is 0 Å². The molecule has 0 saturated carbocycles. The molecule has 0 N–H and O–H groups in total. The molecule has 1 atom stereocenters. The molecular formula is C40H47N6S2+. The van der Waals surface area contributed by atoms with Crippen LogP contribution in [0.5, 0.6) is 0 Å². The Bertz CT molecular complexity index is 1870. The molecule has 5 aromatic rings. The zero-order valence-corrected chi connectivity index (χ0v) is 30.6. The molecule has 0 saturated heterocycles. The van der Waals surface area contributed by atoms with Crippen LogP contribution in [0.1, 0.15) is 17.0 Å². The molecule has 2 heterocycles. The van der Waals surface area contributed by atoms with E-state index in [9.17, 15) is 0 Å². The van der Waals surface area contributed by atoms with Crippen LogP contribution in [0.25, 0.3) is 29.3 Å². The molecule has 4 aromatic carbocycles. The van der Waals surface area contributed by atoms with Crippen molar-refractivity contribution in [1.29, 1.82) is 0 Å². The van der Waals surface area contributed by atoms with E-state index in [4.69, 9.17) is 0 Å². The summed E-state index contributed by atoms with van der Waals surface area (Å²) in [7, 11) is 16.6. The minimum absolute atomic E-state index is 0.182. The van der Waals surface area contributed by atoms with Crippen molar-refractivity contribution in [2.45, 2.75) is 12.7 Å². The van der Waals surface area contributed by atoms with Crippen molar-refractivity contribution < 1.29 is 4.57 Å². The Balaban J connectivity index is 1.09.